The van der Waals surface area contributed by atoms with Crippen LogP contribution in [0, 0.1) is 0 Å². The maximum absolute atomic E-state index is 6.58. The highest BCUT2D eigenvalue weighted by atomic mass is 35.5. The van der Waals surface area contributed by atoms with Gasteiger partial charge in [-0.3, -0.25) is 4.99 Å². The molecule has 0 aromatic heterocycles. The topological polar surface area (TPSA) is 28.1 Å². The van der Waals surface area contributed by atoms with Gasteiger partial charge in [0.1, 0.15) is 16.9 Å². The second-order valence-corrected chi connectivity index (χ2v) is 6.41. The van der Waals surface area contributed by atoms with Crippen LogP contribution in [0.15, 0.2) is 47.5 Å². The fourth-order valence-electron chi connectivity index (χ4n) is 3.04. The average Bonchev–Trinajstić information content (AvgIpc) is 2.74. The van der Waals surface area contributed by atoms with E-state index in [2.05, 4.69) is 27.9 Å². The van der Waals surface area contributed by atoms with Gasteiger partial charge in [0.2, 0.25) is 0 Å². The third-order valence-corrected chi connectivity index (χ3v) is 4.67. The number of para-hydroxylation sites is 2. The van der Waals surface area contributed by atoms with Crippen molar-refractivity contribution < 1.29 is 4.74 Å². The van der Waals surface area contributed by atoms with Crippen LogP contribution in [0.3, 0.4) is 0 Å². The van der Waals surface area contributed by atoms with Gasteiger partial charge in [0.25, 0.3) is 0 Å². The first-order valence-electron chi connectivity index (χ1n) is 7.75. The number of fused-ring (bicyclic) bond motifs is 2. The number of alkyl halides is 1. The molecule has 1 unspecified atom stereocenters. The Balaban J connectivity index is 1.76. The zero-order valence-electron chi connectivity index (χ0n) is 12.9. The molecule has 0 N–H and O–H groups in total. The number of nitrogens with zero attached hydrogens (tertiary/aromatic N) is 3. The van der Waals surface area contributed by atoms with E-state index in [1.54, 1.807) is 0 Å². The quantitative estimate of drug-likeness (QED) is 0.502. The third-order valence-electron chi connectivity index (χ3n) is 4.29. The van der Waals surface area contributed by atoms with Crippen molar-refractivity contribution >= 4 is 29.2 Å². The molecule has 2 aliphatic rings. The summed E-state index contributed by atoms with van der Waals surface area (Å²) < 4.78 is 6.09. The Morgan fingerprint density at radius 2 is 1.91 bits per heavy atom. The predicted molar refractivity (Wildman–Crippen MR) is 94.7 cm³/mol. The van der Waals surface area contributed by atoms with Crippen LogP contribution in [-0.4, -0.2) is 43.3 Å². The van der Waals surface area contributed by atoms with Gasteiger partial charge in [0, 0.05) is 25.8 Å². The number of benzene rings is 2. The molecule has 1 atom stereocenters. The van der Waals surface area contributed by atoms with Gasteiger partial charge >= 0.3 is 0 Å². The lowest BCUT2D eigenvalue weighted by Gasteiger charge is -2.39. The molecule has 4 rings (SSSR count). The number of anilines is 1. The summed E-state index contributed by atoms with van der Waals surface area (Å²) in [6.07, 6.45) is 1.89. The molecule has 0 radical (unpaired) electrons. The van der Waals surface area contributed by atoms with Crippen molar-refractivity contribution in [3.63, 3.8) is 0 Å². The number of ether oxygens (including phenoxy) is 1. The Morgan fingerprint density at radius 3 is 2.78 bits per heavy atom. The zero-order chi connectivity index (χ0) is 15.8. The highest BCUT2D eigenvalue weighted by Gasteiger charge is 2.26. The van der Waals surface area contributed by atoms with E-state index >= 15 is 0 Å². The van der Waals surface area contributed by atoms with E-state index in [0.717, 1.165) is 48.1 Å². The van der Waals surface area contributed by atoms with Crippen LogP contribution in [0.2, 0.25) is 0 Å². The molecule has 0 aliphatic carbocycles. The Hall–Kier alpha value is -2.04. The maximum atomic E-state index is 6.58. The SMILES string of the molecule is CN1CCN(c2cccc3c2C=Nc2ccccc2O3)C(Cl)C1. The molecule has 0 saturated carbocycles. The Labute approximate surface area is 140 Å². The van der Waals surface area contributed by atoms with Gasteiger partial charge in [-0.1, -0.05) is 29.8 Å². The minimum Gasteiger partial charge on any atom is -0.454 e. The van der Waals surface area contributed by atoms with Crippen molar-refractivity contribution in [3.8, 4) is 11.5 Å². The molecule has 4 nitrogen and oxygen atoms in total. The van der Waals surface area contributed by atoms with Gasteiger partial charge in [0.15, 0.2) is 5.75 Å². The van der Waals surface area contributed by atoms with Crippen LogP contribution in [0.5, 0.6) is 11.5 Å². The molecule has 1 fully saturated rings. The van der Waals surface area contributed by atoms with E-state index in [0.29, 0.717) is 0 Å². The second-order valence-electron chi connectivity index (χ2n) is 5.91. The van der Waals surface area contributed by atoms with E-state index in [1.165, 1.54) is 0 Å². The fraction of sp³-hybridized carbons (Fsp3) is 0.278. The van der Waals surface area contributed by atoms with Crippen LogP contribution in [0.4, 0.5) is 11.4 Å². The summed E-state index contributed by atoms with van der Waals surface area (Å²) in [4.78, 5) is 9.07. The van der Waals surface area contributed by atoms with Gasteiger partial charge in [-0.05, 0) is 31.3 Å². The molecular weight excluding hydrogens is 310 g/mol. The van der Waals surface area contributed by atoms with Crippen molar-refractivity contribution in [1.29, 1.82) is 0 Å². The fourth-order valence-corrected chi connectivity index (χ4v) is 3.48. The van der Waals surface area contributed by atoms with Crippen LogP contribution >= 0.6 is 11.6 Å². The Morgan fingerprint density at radius 1 is 1.09 bits per heavy atom. The van der Waals surface area contributed by atoms with Gasteiger partial charge in [-0.25, -0.2) is 0 Å². The van der Waals surface area contributed by atoms with E-state index in [4.69, 9.17) is 16.3 Å². The highest BCUT2D eigenvalue weighted by Crippen LogP contribution is 2.39. The van der Waals surface area contributed by atoms with Gasteiger partial charge in [0.05, 0.1) is 11.3 Å². The van der Waals surface area contributed by atoms with Gasteiger partial charge in [-0.2, -0.15) is 0 Å². The van der Waals surface area contributed by atoms with E-state index in [-0.39, 0.29) is 5.50 Å². The summed E-state index contributed by atoms with van der Waals surface area (Å²) in [5, 5.41) is 0. The number of aliphatic imine (C=N–C) groups is 1. The number of hydrogen-bond donors (Lipinski definition) is 0. The molecule has 2 aromatic carbocycles. The van der Waals surface area contributed by atoms with E-state index < -0.39 is 0 Å². The van der Waals surface area contributed by atoms with Gasteiger partial charge < -0.3 is 14.5 Å². The van der Waals surface area contributed by atoms with Crippen LogP contribution in [0.25, 0.3) is 0 Å². The Kier molecular flexibility index (Phi) is 3.71. The number of hydrogen-bond acceptors (Lipinski definition) is 4. The first-order chi connectivity index (χ1) is 11.2. The largest absolute Gasteiger partial charge is 0.454 e. The van der Waals surface area contributed by atoms with Crippen molar-refractivity contribution in [2.45, 2.75) is 5.50 Å². The average molecular weight is 328 g/mol. The monoisotopic (exact) mass is 327 g/mol. The van der Waals surface area contributed by atoms with Crippen molar-refractivity contribution in [2.75, 3.05) is 31.6 Å². The van der Waals surface area contributed by atoms with E-state index in [9.17, 15) is 0 Å². The first-order valence-corrected chi connectivity index (χ1v) is 8.19. The summed E-state index contributed by atoms with van der Waals surface area (Å²) in [5.74, 6) is 1.60. The van der Waals surface area contributed by atoms with E-state index in [1.807, 2.05) is 42.6 Å². The number of piperazine rings is 1. The second kappa shape index (κ2) is 5.87. The summed E-state index contributed by atoms with van der Waals surface area (Å²) >= 11 is 6.58. The number of halogens is 1. The molecule has 23 heavy (non-hydrogen) atoms. The number of likely N-dealkylation sites (N-methyl/N-ethyl adjacent to an activating group) is 1. The summed E-state index contributed by atoms with van der Waals surface area (Å²) in [5.41, 5.74) is 2.85. The lowest BCUT2D eigenvalue weighted by atomic mass is 10.1. The van der Waals surface area contributed by atoms with Crippen LogP contribution in [0.1, 0.15) is 5.56 Å². The molecule has 2 heterocycles. The highest BCUT2D eigenvalue weighted by molar-refractivity contribution is 6.22. The van der Waals surface area contributed by atoms with Crippen molar-refractivity contribution in [2.24, 2.45) is 4.99 Å². The lowest BCUT2D eigenvalue weighted by Crippen LogP contribution is -2.49. The Bertz CT molecular complexity index is 762. The molecule has 1 saturated heterocycles. The van der Waals surface area contributed by atoms with Crippen LogP contribution in [-0.2, 0) is 0 Å². The van der Waals surface area contributed by atoms with Crippen molar-refractivity contribution in [1.82, 2.24) is 4.90 Å². The summed E-state index contributed by atoms with van der Waals surface area (Å²) in [7, 11) is 2.10. The van der Waals surface area contributed by atoms with Crippen LogP contribution < -0.4 is 9.64 Å². The number of rotatable bonds is 1. The standard InChI is InChI=1S/C18H18ClN3O/c1-21-9-10-22(18(19)12-21)15-6-4-8-16-13(15)11-20-14-5-2-3-7-17(14)23-16/h2-8,11,18H,9-10,12H2,1H3. The predicted octanol–water partition coefficient (Wildman–Crippen LogP) is 3.86. The van der Waals surface area contributed by atoms with Crippen molar-refractivity contribution in [3.05, 3.63) is 48.0 Å². The zero-order valence-corrected chi connectivity index (χ0v) is 13.7. The summed E-state index contributed by atoms with van der Waals surface area (Å²) in [6.45, 7) is 2.72. The molecular formula is C18H18ClN3O. The molecule has 0 spiro atoms. The minimum atomic E-state index is -0.0562. The lowest BCUT2D eigenvalue weighted by molar-refractivity contribution is 0.299. The first kappa shape index (κ1) is 14.5. The smallest absolute Gasteiger partial charge is 0.153 e. The minimum absolute atomic E-state index is 0.0562. The maximum Gasteiger partial charge on any atom is 0.153 e. The normalized spacial score (nSPS) is 20.4. The van der Waals surface area contributed by atoms with Gasteiger partial charge in [-0.15, -0.1) is 0 Å². The summed E-state index contributed by atoms with van der Waals surface area (Å²) in [6, 6.07) is 13.9. The molecule has 5 heteroatoms. The molecule has 2 aromatic rings. The molecule has 0 amide bonds. The molecule has 0 bridgehead atoms. The third kappa shape index (κ3) is 2.69. The molecule has 118 valence electrons. The molecule has 2 aliphatic heterocycles.